The molecule has 0 fully saturated rings. The molecule has 0 aliphatic heterocycles. The topological polar surface area (TPSA) is 3.24 Å². The predicted octanol–water partition coefficient (Wildman–Crippen LogP) is 4.76. The van der Waals surface area contributed by atoms with Crippen molar-refractivity contribution in [3.8, 4) is 0 Å². The molecule has 0 bridgehead atoms. The van der Waals surface area contributed by atoms with E-state index in [1.165, 1.54) is 6.42 Å². The second-order valence-electron chi connectivity index (χ2n) is 5.27. The fourth-order valence-corrected chi connectivity index (χ4v) is 1.74. The molecule has 0 N–H and O–H groups in total. The highest BCUT2D eigenvalue weighted by molar-refractivity contribution is 4.80. The van der Waals surface area contributed by atoms with E-state index >= 15 is 0 Å². The van der Waals surface area contributed by atoms with Gasteiger partial charge < -0.3 is 4.90 Å². The summed E-state index contributed by atoms with van der Waals surface area (Å²) in [5.74, 6) is 0.811. The van der Waals surface area contributed by atoms with Gasteiger partial charge in [0.1, 0.15) is 5.67 Å². The van der Waals surface area contributed by atoms with Gasteiger partial charge in [-0.3, -0.25) is 0 Å². The molecule has 106 valence electrons. The van der Waals surface area contributed by atoms with E-state index in [0.29, 0.717) is 12.3 Å². The molecule has 17 heavy (non-hydrogen) atoms. The fraction of sp³-hybridized carbons (Fsp3) is 1.00. The monoisotopic (exact) mass is 247 g/mol. The number of rotatable bonds is 7. The van der Waals surface area contributed by atoms with Gasteiger partial charge >= 0.3 is 0 Å². The van der Waals surface area contributed by atoms with Gasteiger partial charge in [0.05, 0.1) is 0 Å². The van der Waals surface area contributed by atoms with E-state index in [-0.39, 0.29) is 5.92 Å². The molecule has 2 heteroatoms. The zero-order valence-electron chi connectivity index (χ0n) is 13.3. The van der Waals surface area contributed by atoms with Crippen LogP contribution in [-0.2, 0) is 0 Å². The number of hydrogen-bond acceptors (Lipinski definition) is 1. The van der Waals surface area contributed by atoms with Crippen LogP contribution in [-0.4, -0.2) is 30.7 Å². The summed E-state index contributed by atoms with van der Waals surface area (Å²) in [6.07, 6.45) is 1.80. The lowest BCUT2D eigenvalue weighted by molar-refractivity contribution is 0.0793. The van der Waals surface area contributed by atoms with Crippen LogP contribution in [0.5, 0.6) is 0 Å². The molecule has 3 atom stereocenters. The fourth-order valence-electron chi connectivity index (χ4n) is 1.74. The first-order valence-electron chi connectivity index (χ1n) is 7.20. The van der Waals surface area contributed by atoms with Gasteiger partial charge in [0.15, 0.2) is 0 Å². The lowest BCUT2D eigenvalue weighted by Gasteiger charge is -2.31. The average molecular weight is 247 g/mol. The van der Waals surface area contributed by atoms with Crippen molar-refractivity contribution in [2.75, 3.05) is 20.1 Å². The number of hydrogen-bond donors (Lipinski definition) is 0. The lowest BCUT2D eigenvalue weighted by Crippen LogP contribution is -2.37. The summed E-state index contributed by atoms with van der Waals surface area (Å²) >= 11 is 0. The van der Waals surface area contributed by atoms with E-state index in [9.17, 15) is 4.39 Å². The Bertz CT molecular complexity index is 168. The highest BCUT2D eigenvalue weighted by atomic mass is 19.1. The number of halogens is 1. The first-order chi connectivity index (χ1) is 7.83. The van der Waals surface area contributed by atoms with Gasteiger partial charge in [0.2, 0.25) is 0 Å². The van der Waals surface area contributed by atoms with Gasteiger partial charge in [-0.25, -0.2) is 4.39 Å². The van der Waals surface area contributed by atoms with Crippen LogP contribution in [0.25, 0.3) is 0 Å². The van der Waals surface area contributed by atoms with Crippen molar-refractivity contribution in [2.45, 2.75) is 67.0 Å². The molecule has 0 saturated heterocycles. The van der Waals surface area contributed by atoms with Crippen molar-refractivity contribution >= 4 is 0 Å². The van der Waals surface area contributed by atoms with Crippen molar-refractivity contribution in [1.29, 1.82) is 0 Å². The molecule has 0 radical (unpaired) electrons. The van der Waals surface area contributed by atoms with E-state index in [2.05, 4.69) is 25.8 Å². The highest BCUT2D eigenvalue weighted by Crippen LogP contribution is 2.26. The average Bonchev–Trinajstić information content (AvgIpc) is 2.31. The van der Waals surface area contributed by atoms with Crippen LogP contribution in [0.3, 0.4) is 0 Å². The van der Waals surface area contributed by atoms with Crippen molar-refractivity contribution in [3.05, 3.63) is 0 Å². The summed E-state index contributed by atoms with van der Waals surface area (Å²) in [5.41, 5.74) is -1.02. The van der Waals surface area contributed by atoms with Gasteiger partial charge in [-0.05, 0) is 26.3 Å². The van der Waals surface area contributed by atoms with E-state index < -0.39 is 5.67 Å². The lowest BCUT2D eigenvalue weighted by atomic mass is 9.89. The molecule has 0 aromatic carbocycles. The Morgan fingerprint density at radius 2 is 1.59 bits per heavy atom. The van der Waals surface area contributed by atoms with Gasteiger partial charge in [0, 0.05) is 19.0 Å². The Morgan fingerprint density at radius 1 is 1.12 bits per heavy atom. The van der Waals surface area contributed by atoms with Crippen LogP contribution in [0.1, 0.15) is 61.3 Å². The molecule has 0 aliphatic carbocycles. The number of alkyl halides is 1. The van der Waals surface area contributed by atoms with Crippen LogP contribution < -0.4 is 0 Å². The van der Waals surface area contributed by atoms with Crippen LogP contribution in [0, 0.1) is 11.8 Å². The van der Waals surface area contributed by atoms with Gasteiger partial charge in [0.25, 0.3) is 0 Å². The maximum atomic E-state index is 14.0. The third-order valence-corrected chi connectivity index (χ3v) is 3.62. The largest absolute Gasteiger partial charge is 0.306 e. The smallest absolute Gasteiger partial charge is 0.111 e. The normalized spacial score (nSPS) is 18.0. The molecule has 0 amide bonds. The van der Waals surface area contributed by atoms with E-state index in [1.54, 1.807) is 6.92 Å². The number of nitrogens with zero attached hydrogens (tertiary/aromatic N) is 1. The van der Waals surface area contributed by atoms with Gasteiger partial charge in [-0.2, -0.15) is 0 Å². The Balaban J connectivity index is 0. The first kappa shape index (κ1) is 19.2. The molecule has 0 saturated carbocycles. The molecule has 3 unspecified atom stereocenters. The molecule has 0 rings (SSSR count). The summed E-state index contributed by atoms with van der Waals surface area (Å²) in [6, 6.07) is 0. The van der Waals surface area contributed by atoms with Crippen LogP contribution in [0.2, 0.25) is 0 Å². The quantitative estimate of drug-likeness (QED) is 0.626. The molecule has 0 aromatic heterocycles. The van der Waals surface area contributed by atoms with Crippen LogP contribution in [0.15, 0.2) is 0 Å². The molecule has 0 spiro atoms. The summed E-state index contributed by atoms with van der Waals surface area (Å²) in [5, 5.41) is 0. The summed E-state index contributed by atoms with van der Waals surface area (Å²) in [4.78, 5) is 2.26. The summed E-state index contributed by atoms with van der Waals surface area (Å²) in [6.45, 7) is 16.0. The predicted molar refractivity (Wildman–Crippen MR) is 77.3 cm³/mol. The SMILES string of the molecule is CC.CCC(C)CN(C)CC(C)C(C)(F)CC. The van der Waals surface area contributed by atoms with E-state index in [4.69, 9.17) is 0 Å². The van der Waals surface area contributed by atoms with Gasteiger partial charge in [-0.15, -0.1) is 0 Å². The standard InChI is InChI=1S/C13H28FN.C2H6/c1-7-11(3)9-15(6)10-12(4)13(5,14)8-2;1-2/h11-12H,7-10H2,1-6H3;1-2H3. The molecular weight excluding hydrogens is 213 g/mol. The summed E-state index contributed by atoms with van der Waals surface area (Å²) in [7, 11) is 2.09. The van der Waals surface area contributed by atoms with Crippen LogP contribution in [0.4, 0.5) is 4.39 Å². The van der Waals surface area contributed by atoms with Crippen LogP contribution >= 0.6 is 0 Å². The minimum Gasteiger partial charge on any atom is -0.306 e. The first-order valence-corrected chi connectivity index (χ1v) is 7.20. The zero-order valence-corrected chi connectivity index (χ0v) is 13.3. The second kappa shape index (κ2) is 9.87. The van der Waals surface area contributed by atoms with Crippen molar-refractivity contribution in [2.24, 2.45) is 11.8 Å². The van der Waals surface area contributed by atoms with E-state index in [0.717, 1.165) is 13.1 Å². The van der Waals surface area contributed by atoms with E-state index in [1.807, 2.05) is 27.7 Å². The van der Waals surface area contributed by atoms with Crippen molar-refractivity contribution < 1.29 is 4.39 Å². The molecule has 0 aliphatic rings. The third kappa shape index (κ3) is 8.59. The Morgan fingerprint density at radius 3 is 1.94 bits per heavy atom. The zero-order chi connectivity index (χ0) is 14.1. The van der Waals surface area contributed by atoms with Gasteiger partial charge in [-0.1, -0.05) is 48.0 Å². The third-order valence-electron chi connectivity index (χ3n) is 3.62. The second-order valence-corrected chi connectivity index (χ2v) is 5.27. The molecule has 0 heterocycles. The maximum absolute atomic E-state index is 14.0. The molecule has 0 aromatic rings. The summed E-state index contributed by atoms with van der Waals surface area (Å²) < 4.78 is 14.0. The maximum Gasteiger partial charge on any atom is 0.111 e. The molecular formula is C15H34FN. The van der Waals surface area contributed by atoms with Crippen molar-refractivity contribution in [1.82, 2.24) is 4.90 Å². The Labute approximate surface area is 109 Å². The molecule has 1 nitrogen and oxygen atoms in total. The van der Waals surface area contributed by atoms with Crippen molar-refractivity contribution in [3.63, 3.8) is 0 Å². The Kier molecular flexibility index (Phi) is 11.2. The minimum atomic E-state index is -1.02. The highest BCUT2D eigenvalue weighted by Gasteiger charge is 2.29. The Hall–Kier alpha value is -0.110. The minimum absolute atomic E-state index is 0.108.